The highest BCUT2D eigenvalue weighted by Gasteiger charge is 2.41. The fraction of sp³-hybridized carbons (Fsp3) is 0.600. The maximum Gasteiger partial charge on any atom is 0.115 e. The van der Waals surface area contributed by atoms with E-state index in [0.717, 1.165) is 11.8 Å². The van der Waals surface area contributed by atoms with Crippen molar-refractivity contribution in [1.82, 2.24) is 5.32 Å². The molecule has 2 N–H and O–H groups in total. The number of phenols is 1. The van der Waals surface area contributed by atoms with Crippen LogP contribution in [0.25, 0.3) is 0 Å². The summed E-state index contributed by atoms with van der Waals surface area (Å²) in [4.78, 5) is 0. The summed E-state index contributed by atoms with van der Waals surface area (Å²) in [7, 11) is 0. The second kappa shape index (κ2) is 4.34. The Kier molecular flexibility index (Phi) is 2.83. The molecule has 0 radical (unpaired) electrons. The summed E-state index contributed by atoms with van der Waals surface area (Å²) in [5.74, 6) is 2.20. The van der Waals surface area contributed by atoms with E-state index in [2.05, 4.69) is 18.3 Å². The van der Waals surface area contributed by atoms with E-state index < -0.39 is 0 Å². The van der Waals surface area contributed by atoms with Gasteiger partial charge in [0.2, 0.25) is 0 Å². The molecule has 2 saturated carbocycles. The van der Waals surface area contributed by atoms with Crippen LogP contribution in [0, 0.1) is 11.8 Å². The summed E-state index contributed by atoms with van der Waals surface area (Å²) in [6, 6.07) is 8.67. The van der Waals surface area contributed by atoms with E-state index in [1.54, 1.807) is 6.07 Å². The van der Waals surface area contributed by atoms with Crippen molar-refractivity contribution in [3.8, 4) is 5.75 Å². The second-order valence-corrected chi connectivity index (χ2v) is 5.68. The Morgan fingerprint density at radius 1 is 1.18 bits per heavy atom. The van der Waals surface area contributed by atoms with Gasteiger partial charge in [-0.15, -0.1) is 0 Å². The van der Waals surface area contributed by atoms with Gasteiger partial charge in [-0.2, -0.15) is 0 Å². The zero-order valence-corrected chi connectivity index (χ0v) is 10.4. The first-order valence-corrected chi connectivity index (χ1v) is 6.79. The molecule has 92 valence electrons. The molecule has 1 aromatic rings. The third kappa shape index (κ3) is 2.63. The Labute approximate surface area is 103 Å². The lowest BCUT2D eigenvalue weighted by molar-refractivity contribution is 0.376. The fourth-order valence-corrected chi connectivity index (χ4v) is 2.75. The van der Waals surface area contributed by atoms with Crippen molar-refractivity contribution in [2.24, 2.45) is 11.8 Å². The highest BCUT2D eigenvalue weighted by molar-refractivity contribution is 5.29. The molecule has 2 nitrogen and oxygen atoms in total. The van der Waals surface area contributed by atoms with Gasteiger partial charge in [0.1, 0.15) is 5.75 Å². The molecular weight excluding hydrogens is 210 g/mol. The molecule has 0 amide bonds. The maximum absolute atomic E-state index is 9.51. The van der Waals surface area contributed by atoms with E-state index in [-0.39, 0.29) is 0 Å². The van der Waals surface area contributed by atoms with Crippen molar-refractivity contribution in [2.45, 2.75) is 44.7 Å². The lowest BCUT2D eigenvalue weighted by atomic mass is 10.0. The number of nitrogens with one attached hydrogen (secondary N) is 1. The minimum absolute atomic E-state index is 0.341. The summed E-state index contributed by atoms with van der Waals surface area (Å²) >= 11 is 0. The predicted molar refractivity (Wildman–Crippen MR) is 68.9 cm³/mol. The fourth-order valence-electron chi connectivity index (χ4n) is 2.75. The summed E-state index contributed by atoms with van der Waals surface area (Å²) in [5.41, 5.74) is 1.19. The largest absolute Gasteiger partial charge is 0.508 e. The smallest absolute Gasteiger partial charge is 0.115 e. The molecule has 1 atom stereocenters. The van der Waals surface area contributed by atoms with E-state index in [9.17, 15) is 5.11 Å². The zero-order valence-electron chi connectivity index (χ0n) is 10.4. The molecule has 0 bridgehead atoms. The van der Waals surface area contributed by atoms with Crippen LogP contribution in [-0.2, 0) is 0 Å². The third-order valence-electron chi connectivity index (χ3n) is 4.07. The number of benzene rings is 1. The standard InChI is InChI=1S/C15H21NO/c1-10(13-3-2-4-14(17)9-13)16-15(11-5-6-11)12-7-8-12/h2-4,9-12,15-17H,5-8H2,1H3. The van der Waals surface area contributed by atoms with Crippen molar-refractivity contribution in [2.75, 3.05) is 0 Å². The average molecular weight is 231 g/mol. The van der Waals surface area contributed by atoms with Gasteiger partial charge in [-0.25, -0.2) is 0 Å². The first-order valence-electron chi connectivity index (χ1n) is 6.79. The van der Waals surface area contributed by atoms with Gasteiger partial charge >= 0.3 is 0 Å². The van der Waals surface area contributed by atoms with E-state index in [4.69, 9.17) is 0 Å². The van der Waals surface area contributed by atoms with Crippen LogP contribution in [0.1, 0.15) is 44.2 Å². The Hall–Kier alpha value is -1.02. The molecule has 2 aliphatic carbocycles. The number of hydrogen-bond acceptors (Lipinski definition) is 2. The lowest BCUT2D eigenvalue weighted by Crippen LogP contribution is -2.35. The number of rotatable bonds is 5. The monoisotopic (exact) mass is 231 g/mol. The molecule has 0 aromatic heterocycles. The molecule has 3 rings (SSSR count). The summed E-state index contributed by atoms with van der Waals surface area (Å²) in [5, 5.41) is 13.3. The Balaban J connectivity index is 1.66. The first-order chi connectivity index (χ1) is 8.24. The topological polar surface area (TPSA) is 32.3 Å². The van der Waals surface area contributed by atoms with E-state index in [1.807, 2.05) is 12.1 Å². The predicted octanol–water partition coefficient (Wildman–Crippen LogP) is 3.23. The van der Waals surface area contributed by atoms with Gasteiger partial charge < -0.3 is 10.4 Å². The summed E-state index contributed by atoms with van der Waals surface area (Å²) in [6.07, 6.45) is 5.61. The quantitative estimate of drug-likeness (QED) is 0.815. The van der Waals surface area contributed by atoms with Crippen molar-refractivity contribution < 1.29 is 5.11 Å². The molecule has 2 heteroatoms. The third-order valence-corrected chi connectivity index (χ3v) is 4.07. The Morgan fingerprint density at radius 3 is 2.35 bits per heavy atom. The molecule has 17 heavy (non-hydrogen) atoms. The van der Waals surface area contributed by atoms with Crippen LogP contribution < -0.4 is 5.32 Å². The van der Waals surface area contributed by atoms with Gasteiger partial charge in [-0.05, 0) is 62.1 Å². The van der Waals surface area contributed by atoms with Gasteiger partial charge in [0.15, 0.2) is 0 Å². The van der Waals surface area contributed by atoms with Gasteiger partial charge in [0.25, 0.3) is 0 Å². The molecule has 1 aromatic carbocycles. The van der Waals surface area contributed by atoms with Crippen LogP contribution in [0.2, 0.25) is 0 Å². The van der Waals surface area contributed by atoms with E-state index in [1.165, 1.54) is 31.2 Å². The van der Waals surface area contributed by atoms with Crippen molar-refractivity contribution in [3.63, 3.8) is 0 Å². The SMILES string of the molecule is CC(NC(C1CC1)C1CC1)c1cccc(O)c1. The van der Waals surface area contributed by atoms with Crippen molar-refractivity contribution in [3.05, 3.63) is 29.8 Å². The lowest BCUT2D eigenvalue weighted by Gasteiger charge is -2.23. The number of aromatic hydroxyl groups is 1. The molecule has 0 heterocycles. The highest BCUT2D eigenvalue weighted by Crippen LogP contribution is 2.45. The minimum Gasteiger partial charge on any atom is -0.508 e. The average Bonchev–Trinajstić information content (AvgIpc) is 3.16. The van der Waals surface area contributed by atoms with Crippen LogP contribution in [-0.4, -0.2) is 11.1 Å². The molecular formula is C15H21NO. The van der Waals surface area contributed by atoms with Gasteiger partial charge in [-0.3, -0.25) is 0 Å². The number of hydrogen-bond donors (Lipinski definition) is 2. The Bertz CT molecular complexity index is 384. The Morgan fingerprint density at radius 2 is 1.82 bits per heavy atom. The number of phenolic OH excluding ortho intramolecular Hbond substituents is 1. The van der Waals surface area contributed by atoms with E-state index >= 15 is 0 Å². The molecule has 0 saturated heterocycles. The van der Waals surface area contributed by atoms with Crippen LogP contribution in [0.4, 0.5) is 0 Å². The minimum atomic E-state index is 0.341. The molecule has 1 unspecified atom stereocenters. The molecule has 2 fully saturated rings. The van der Waals surface area contributed by atoms with Crippen molar-refractivity contribution >= 4 is 0 Å². The van der Waals surface area contributed by atoms with Crippen LogP contribution in [0.15, 0.2) is 24.3 Å². The van der Waals surface area contributed by atoms with E-state index in [0.29, 0.717) is 17.8 Å². The van der Waals surface area contributed by atoms with Crippen molar-refractivity contribution in [1.29, 1.82) is 0 Å². The van der Waals surface area contributed by atoms with Gasteiger partial charge in [0, 0.05) is 12.1 Å². The van der Waals surface area contributed by atoms with Crippen LogP contribution in [0.3, 0.4) is 0 Å². The summed E-state index contributed by atoms with van der Waals surface area (Å²) in [6.45, 7) is 2.20. The van der Waals surface area contributed by atoms with Gasteiger partial charge in [0.05, 0.1) is 0 Å². The van der Waals surface area contributed by atoms with Crippen LogP contribution >= 0.6 is 0 Å². The highest BCUT2D eigenvalue weighted by atomic mass is 16.3. The zero-order chi connectivity index (χ0) is 11.8. The first kappa shape index (κ1) is 11.1. The summed E-state index contributed by atoms with van der Waals surface area (Å²) < 4.78 is 0. The van der Waals surface area contributed by atoms with Gasteiger partial charge in [-0.1, -0.05) is 12.1 Å². The maximum atomic E-state index is 9.51. The molecule has 0 aliphatic heterocycles. The van der Waals surface area contributed by atoms with Crippen LogP contribution in [0.5, 0.6) is 5.75 Å². The molecule has 2 aliphatic rings. The second-order valence-electron chi connectivity index (χ2n) is 5.68. The molecule has 0 spiro atoms. The normalized spacial score (nSPS) is 21.8.